The molecule has 0 aromatic carbocycles. The first kappa shape index (κ1) is 7.98. The Balaban J connectivity index is 2.73. The van der Waals surface area contributed by atoms with Crippen LogP contribution in [0.5, 0.6) is 0 Å². The lowest BCUT2D eigenvalue weighted by atomic mass is 10.3. The van der Waals surface area contributed by atoms with E-state index in [1.54, 1.807) is 18.5 Å². The van der Waals surface area contributed by atoms with Gasteiger partial charge in [0.1, 0.15) is 5.52 Å². The van der Waals surface area contributed by atoms with Crippen LogP contribution in [0.15, 0.2) is 28.0 Å². The molecule has 0 atom stereocenters. The zero-order chi connectivity index (χ0) is 10.4. The first-order valence-electron chi connectivity index (χ1n) is 4.34. The van der Waals surface area contributed by atoms with Gasteiger partial charge < -0.3 is 9.97 Å². The number of H-pyrrole nitrogens is 3. The summed E-state index contributed by atoms with van der Waals surface area (Å²) in [6.45, 7) is 0. The largest absolute Gasteiger partial charge is 0.349 e. The molecule has 0 spiro atoms. The lowest BCUT2D eigenvalue weighted by Crippen LogP contribution is -2.21. The first-order valence-corrected chi connectivity index (χ1v) is 4.34. The maximum atomic E-state index is 11.4. The minimum Gasteiger partial charge on any atom is -0.349 e. The van der Waals surface area contributed by atoms with Gasteiger partial charge in [0.25, 0.3) is 5.56 Å². The number of fused-ring (bicyclic) bond motifs is 3. The minimum atomic E-state index is -0.516. The Bertz CT molecular complexity index is 765. The van der Waals surface area contributed by atoms with Crippen molar-refractivity contribution >= 4 is 21.9 Å². The molecule has 0 saturated carbocycles. The SMILES string of the molecule is O=c1[nH]c(=O)c2[nH]c3ccncc3c2[nH]1. The average Bonchev–Trinajstić information content (AvgIpc) is 2.57. The van der Waals surface area contributed by atoms with Gasteiger partial charge in [0.15, 0.2) is 0 Å². The second kappa shape index (κ2) is 2.57. The lowest BCUT2D eigenvalue weighted by Gasteiger charge is -1.88. The highest BCUT2D eigenvalue weighted by Crippen LogP contribution is 2.18. The van der Waals surface area contributed by atoms with E-state index in [0.717, 1.165) is 10.9 Å². The quantitative estimate of drug-likeness (QED) is 0.482. The number of nitrogens with zero attached hydrogens (tertiary/aromatic N) is 1. The second-order valence-corrected chi connectivity index (χ2v) is 3.20. The van der Waals surface area contributed by atoms with Gasteiger partial charge >= 0.3 is 5.69 Å². The summed E-state index contributed by atoms with van der Waals surface area (Å²) in [6.07, 6.45) is 3.22. The molecule has 0 saturated heterocycles. The van der Waals surface area contributed by atoms with Crippen LogP contribution in [0, 0.1) is 0 Å². The predicted molar refractivity (Wildman–Crippen MR) is 54.8 cm³/mol. The van der Waals surface area contributed by atoms with Crippen LogP contribution >= 0.6 is 0 Å². The topological polar surface area (TPSA) is 94.4 Å². The van der Waals surface area contributed by atoms with Gasteiger partial charge in [-0.25, -0.2) is 4.79 Å². The lowest BCUT2D eigenvalue weighted by molar-refractivity contribution is 1.08. The van der Waals surface area contributed by atoms with E-state index in [2.05, 4.69) is 19.9 Å². The summed E-state index contributed by atoms with van der Waals surface area (Å²) >= 11 is 0. The number of pyridine rings is 1. The van der Waals surface area contributed by atoms with Gasteiger partial charge in [-0.1, -0.05) is 0 Å². The highest BCUT2D eigenvalue weighted by molar-refractivity contribution is 6.03. The first-order chi connectivity index (χ1) is 7.25. The molecule has 0 aliphatic carbocycles. The molecule has 0 fully saturated rings. The van der Waals surface area contributed by atoms with Crippen molar-refractivity contribution in [2.75, 3.05) is 0 Å². The van der Waals surface area contributed by atoms with Gasteiger partial charge in [-0.15, -0.1) is 0 Å². The fourth-order valence-corrected chi connectivity index (χ4v) is 1.65. The number of hydrogen-bond acceptors (Lipinski definition) is 3. The van der Waals surface area contributed by atoms with E-state index in [4.69, 9.17) is 0 Å². The average molecular weight is 202 g/mol. The highest BCUT2D eigenvalue weighted by atomic mass is 16.2. The predicted octanol–water partition coefficient (Wildman–Crippen LogP) is 0.0927. The fourth-order valence-electron chi connectivity index (χ4n) is 1.65. The molecule has 74 valence electrons. The zero-order valence-corrected chi connectivity index (χ0v) is 7.50. The van der Waals surface area contributed by atoms with Crippen molar-refractivity contribution in [1.82, 2.24) is 19.9 Å². The Morgan fingerprint density at radius 3 is 2.80 bits per heavy atom. The standard InChI is InChI=1S/C9H6N4O2/c14-8-7-6(12-9(15)13-8)4-3-10-2-1-5(4)11-7/h1-3,11H,(H2,12,13,14,15). The molecule has 0 aliphatic heterocycles. The molecule has 6 nitrogen and oxygen atoms in total. The molecule has 3 rings (SSSR count). The Kier molecular flexibility index (Phi) is 1.37. The molecule has 3 heterocycles. The summed E-state index contributed by atoms with van der Waals surface area (Å²) in [5.74, 6) is 0. The van der Waals surface area contributed by atoms with Crippen molar-refractivity contribution < 1.29 is 0 Å². The monoisotopic (exact) mass is 202 g/mol. The summed E-state index contributed by atoms with van der Waals surface area (Å²) in [5.41, 5.74) is 0.680. The van der Waals surface area contributed by atoms with E-state index in [-0.39, 0.29) is 0 Å². The Hall–Kier alpha value is -2.37. The van der Waals surface area contributed by atoms with Crippen LogP contribution in [0.25, 0.3) is 21.9 Å². The van der Waals surface area contributed by atoms with Crippen LogP contribution in [0.3, 0.4) is 0 Å². The number of nitrogens with one attached hydrogen (secondary N) is 3. The number of hydrogen-bond donors (Lipinski definition) is 3. The Morgan fingerprint density at radius 1 is 1.07 bits per heavy atom. The van der Waals surface area contributed by atoms with Crippen LogP contribution in [0.2, 0.25) is 0 Å². The van der Waals surface area contributed by atoms with Gasteiger partial charge in [0.05, 0.1) is 11.0 Å². The molecule has 0 aliphatic rings. The molecule has 3 aromatic rings. The highest BCUT2D eigenvalue weighted by Gasteiger charge is 2.07. The van der Waals surface area contributed by atoms with Crippen LogP contribution in [0.1, 0.15) is 0 Å². The van der Waals surface area contributed by atoms with Gasteiger partial charge in [-0.2, -0.15) is 0 Å². The van der Waals surface area contributed by atoms with Crippen LogP contribution in [-0.4, -0.2) is 19.9 Å². The van der Waals surface area contributed by atoms with Crippen molar-refractivity contribution in [3.05, 3.63) is 39.3 Å². The van der Waals surface area contributed by atoms with E-state index < -0.39 is 11.2 Å². The maximum Gasteiger partial charge on any atom is 0.326 e. The molecule has 0 unspecified atom stereocenters. The molecule has 0 bridgehead atoms. The second-order valence-electron chi connectivity index (χ2n) is 3.20. The third-order valence-electron chi connectivity index (χ3n) is 2.29. The molecule has 6 heteroatoms. The van der Waals surface area contributed by atoms with Gasteiger partial charge in [0, 0.05) is 17.8 Å². The Labute approximate surface area is 82.0 Å². The maximum absolute atomic E-state index is 11.4. The fraction of sp³-hybridized carbons (Fsp3) is 0. The number of aromatic amines is 3. The molecular formula is C9H6N4O2. The van der Waals surface area contributed by atoms with Gasteiger partial charge in [0.2, 0.25) is 0 Å². The van der Waals surface area contributed by atoms with Crippen molar-refractivity contribution in [3.8, 4) is 0 Å². The van der Waals surface area contributed by atoms with Crippen LogP contribution in [-0.2, 0) is 0 Å². The normalized spacial score (nSPS) is 11.2. The molecular weight excluding hydrogens is 196 g/mol. The van der Waals surface area contributed by atoms with Gasteiger partial charge in [-0.3, -0.25) is 14.8 Å². The minimum absolute atomic E-state index is 0.359. The number of aromatic nitrogens is 4. The summed E-state index contributed by atoms with van der Waals surface area (Å²) in [5, 5.41) is 0.732. The summed E-state index contributed by atoms with van der Waals surface area (Å²) in [4.78, 5) is 34.1. The van der Waals surface area contributed by atoms with Crippen LogP contribution in [0.4, 0.5) is 0 Å². The summed E-state index contributed by atoms with van der Waals surface area (Å²) < 4.78 is 0. The molecule has 3 aromatic heterocycles. The third kappa shape index (κ3) is 1.01. The van der Waals surface area contributed by atoms with E-state index in [9.17, 15) is 9.59 Å². The third-order valence-corrected chi connectivity index (χ3v) is 2.29. The van der Waals surface area contributed by atoms with Crippen molar-refractivity contribution in [1.29, 1.82) is 0 Å². The number of rotatable bonds is 0. The van der Waals surface area contributed by atoms with E-state index in [1.165, 1.54) is 0 Å². The van der Waals surface area contributed by atoms with E-state index >= 15 is 0 Å². The molecule has 0 radical (unpaired) electrons. The summed E-state index contributed by atoms with van der Waals surface area (Å²) in [6, 6.07) is 1.74. The van der Waals surface area contributed by atoms with Crippen LogP contribution < -0.4 is 11.2 Å². The Morgan fingerprint density at radius 2 is 1.93 bits per heavy atom. The molecule has 0 amide bonds. The van der Waals surface area contributed by atoms with Crippen molar-refractivity contribution in [2.45, 2.75) is 0 Å². The zero-order valence-electron chi connectivity index (χ0n) is 7.50. The van der Waals surface area contributed by atoms with Crippen molar-refractivity contribution in [3.63, 3.8) is 0 Å². The van der Waals surface area contributed by atoms with E-state index in [0.29, 0.717) is 11.0 Å². The smallest absolute Gasteiger partial charge is 0.326 e. The molecule has 3 N–H and O–H groups in total. The summed E-state index contributed by atoms with van der Waals surface area (Å²) in [7, 11) is 0. The van der Waals surface area contributed by atoms with E-state index in [1.807, 2.05) is 0 Å². The molecule has 15 heavy (non-hydrogen) atoms. The van der Waals surface area contributed by atoms with Crippen molar-refractivity contribution in [2.24, 2.45) is 0 Å². The van der Waals surface area contributed by atoms with Gasteiger partial charge in [-0.05, 0) is 6.07 Å².